The van der Waals surface area contributed by atoms with Crippen LogP contribution in [0.1, 0.15) is 189 Å². The molecule has 0 spiro atoms. The lowest BCUT2D eigenvalue weighted by molar-refractivity contribution is -0.161. The van der Waals surface area contributed by atoms with Crippen LogP contribution in [0.3, 0.4) is 0 Å². The highest BCUT2D eigenvalue weighted by molar-refractivity contribution is 5.71. The topological polar surface area (TPSA) is 149 Å². The highest BCUT2D eigenvalue weighted by atomic mass is 16.7. The van der Waals surface area contributed by atoms with Crippen LogP contribution in [-0.2, 0) is 57.1 Å². The van der Waals surface area contributed by atoms with Crippen LogP contribution in [-0.4, -0.2) is 138 Å². The molecule has 0 aromatic carbocycles. The maximum Gasteiger partial charge on any atom is 0.307 e. The molecule has 14 nitrogen and oxygen atoms in total. The maximum atomic E-state index is 12.6. The number of ether oxygens (including phenoxy) is 8. The van der Waals surface area contributed by atoms with Gasteiger partial charge in [0.15, 0.2) is 12.6 Å². The number of esters is 4. The number of unbranched alkanes of at least 4 members (excludes halogenated alkanes) is 12. The molecule has 0 radical (unpaired) electrons. The van der Waals surface area contributed by atoms with Crippen LogP contribution in [0, 0.1) is 0 Å². The fourth-order valence-corrected chi connectivity index (χ4v) is 6.68. The molecule has 0 aromatic heterocycles. The molecular weight excluding hydrogens is 809 g/mol. The Kier molecular flexibility index (Phi) is 44.5. The molecule has 0 N–H and O–H groups in total. The summed E-state index contributed by atoms with van der Waals surface area (Å²) >= 11 is 0. The van der Waals surface area contributed by atoms with Crippen LogP contribution in [0.15, 0.2) is 0 Å². The van der Waals surface area contributed by atoms with E-state index >= 15 is 0 Å². The van der Waals surface area contributed by atoms with E-state index in [2.05, 4.69) is 51.3 Å². The molecule has 0 saturated carbocycles. The second kappa shape index (κ2) is 46.2. The molecule has 0 aliphatic heterocycles. The van der Waals surface area contributed by atoms with Gasteiger partial charge >= 0.3 is 23.9 Å². The van der Waals surface area contributed by atoms with Crippen molar-refractivity contribution < 1.29 is 57.1 Å². The van der Waals surface area contributed by atoms with Crippen molar-refractivity contribution in [2.75, 3.05) is 92.1 Å². The van der Waals surface area contributed by atoms with Gasteiger partial charge in [-0.3, -0.25) is 19.2 Å². The van der Waals surface area contributed by atoms with Crippen LogP contribution in [0.2, 0.25) is 0 Å². The Morgan fingerprint density at radius 3 is 0.937 bits per heavy atom. The third-order valence-corrected chi connectivity index (χ3v) is 10.7. The Morgan fingerprint density at radius 2 is 0.635 bits per heavy atom. The van der Waals surface area contributed by atoms with Gasteiger partial charge in [0.1, 0.15) is 26.4 Å². The number of nitrogens with zero attached hydrogens (tertiary/aromatic N) is 2. The van der Waals surface area contributed by atoms with E-state index in [0.717, 1.165) is 103 Å². The molecule has 0 rings (SSSR count). The van der Waals surface area contributed by atoms with Crippen LogP contribution < -0.4 is 0 Å². The van der Waals surface area contributed by atoms with Crippen LogP contribution in [0.25, 0.3) is 0 Å². The minimum atomic E-state index is -0.440. The Hall–Kier alpha value is -2.36. The number of rotatable bonds is 48. The van der Waals surface area contributed by atoms with Gasteiger partial charge in [-0.2, -0.15) is 0 Å². The van der Waals surface area contributed by atoms with Gasteiger partial charge in [-0.1, -0.05) is 119 Å². The third-order valence-electron chi connectivity index (χ3n) is 10.7. The van der Waals surface area contributed by atoms with Gasteiger partial charge in [0.2, 0.25) is 0 Å². The minimum Gasteiger partial charge on any atom is -0.462 e. The average molecular weight is 903 g/mol. The lowest BCUT2D eigenvalue weighted by Crippen LogP contribution is -2.33. The van der Waals surface area contributed by atoms with Crippen molar-refractivity contribution in [1.29, 1.82) is 0 Å². The first-order valence-electron chi connectivity index (χ1n) is 25.3. The highest BCUT2D eigenvalue weighted by Crippen LogP contribution is 2.12. The molecule has 0 aliphatic rings. The number of carbonyl (C=O) groups is 4. The Labute approximate surface area is 383 Å². The summed E-state index contributed by atoms with van der Waals surface area (Å²) in [4.78, 5) is 54.6. The molecule has 0 atom stereocenters. The quantitative estimate of drug-likeness (QED) is 0.0247. The first kappa shape index (κ1) is 60.6. The molecule has 0 fully saturated rings. The van der Waals surface area contributed by atoms with Gasteiger partial charge < -0.3 is 47.7 Å². The first-order valence-corrected chi connectivity index (χ1v) is 25.3. The van der Waals surface area contributed by atoms with Crippen LogP contribution in [0.5, 0.6) is 0 Å². The largest absolute Gasteiger partial charge is 0.462 e. The maximum absolute atomic E-state index is 12.6. The lowest BCUT2D eigenvalue weighted by Gasteiger charge is -2.24. The summed E-state index contributed by atoms with van der Waals surface area (Å²) in [6.45, 7) is 19.6. The fourth-order valence-electron chi connectivity index (χ4n) is 6.68. The van der Waals surface area contributed by atoms with Crippen molar-refractivity contribution >= 4 is 23.9 Å². The smallest absolute Gasteiger partial charge is 0.307 e. The molecule has 0 saturated heterocycles. The molecule has 0 aliphatic carbocycles. The van der Waals surface area contributed by atoms with Gasteiger partial charge in [0.05, 0.1) is 25.7 Å². The van der Waals surface area contributed by atoms with Crippen molar-refractivity contribution in [3.63, 3.8) is 0 Å². The van der Waals surface area contributed by atoms with Crippen molar-refractivity contribution in [2.45, 2.75) is 202 Å². The van der Waals surface area contributed by atoms with Crippen molar-refractivity contribution in [3.8, 4) is 0 Å². The van der Waals surface area contributed by atoms with Gasteiger partial charge in [-0.05, 0) is 58.3 Å². The van der Waals surface area contributed by atoms with E-state index in [0.29, 0.717) is 58.9 Å². The van der Waals surface area contributed by atoms with Crippen molar-refractivity contribution in [2.24, 2.45) is 0 Å². The molecule has 372 valence electrons. The SMILES string of the molecule is CCCCCCOC(CCC(=O)OCCOC(=O)CCN(CCCN(CC)CC)CCC(=O)OCCOC(=O)CCC(OCCCCCC)OCCCCCC)OCCCCCC. The number of hydrogen-bond acceptors (Lipinski definition) is 14. The minimum absolute atomic E-state index is 0.0263. The van der Waals surface area contributed by atoms with E-state index in [9.17, 15) is 19.2 Å². The number of carbonyl (C=O) groups excluding carboxylic acids is 4. The zero-order chi connectivity index (χ0) is 46.4. The summed E-state index contributed by atoms with van der Waals surface area (Å²) in [6, 6.07) is 0. The molecular formula is C49H94N2O12. The lowest BCUT2D eigenvalue weighted by atomic mass is 10.2. The normalized spacial score (nSPS) is 11.6. The molecule has 14 heteroatoms. The van der Waals surface area contributed by atoms with Gasteiger partial charge in [-0.25, -0.2) is 0 Å². The first-order chi connectivity index (χ1) is 30.7. The Bertz CT molecular complexity index is 963. The third kappa shape index (κ3) is 40.9. The summed E-state index contributed by atoms with van der Waals surface area (Å²) in [5.74, 6) is -1.57. The van der Waals surface area contributed by atoms with E-state index in [1.807, 2.05) is 0 Å². The van der Waals surface area contributed by atoms with E-state index in [4.69, 9.17) is 37.9 Å². The van der Waals surface area contributed by atoms with E-state index in [-0.39, 0.29) is 64.0 Å². The summed E-state index contributed by atoms with van der Waals surface area (Å²) < 4.78 is 45.2. The summed E-state index contributed by atoms with van der Waals surface area (Å²) in [5.41, 5.74) is 0. The molecule has 0 heterocycles. The van der Waals surface area contributed by atoms with Crippen LogP contribution in [0.4, 0.5) is 0 Å². The van der Waals surface area contributed by atoms with E-state index < -0.39 is 24.5 Å². The average Bonchev–Trinajstić information content (AvgIpc) is 3.28. The Balaban J connectivity index is 4.68. The predicted molar refractivity (Wildman–Crippen MR) is 248 cm³/mol. The number of hydrogen-bond donors (Lipinski definition) is 0. The molecule has 0 aromatic rings. The standard InChI is InChI=1S/C49H94N2O12/c1-7-13-17-21-36-60-48(61-37-22-18-14-8-2)28-26-44(52)56-40-42-58-46(54)30-34-51(33-25-32-50(11-5)12-6)35-31-47(55)59-43-41-57-45(53)27-29-49(62-38-23-19-15-9-3)63-39-24-20-16-10-4/h48-49H,7-43H2,1-6H3. The zero-order valence-corrected chi connectivity index (χ0v) is 41.1. The molecule has 0 amide bonds. The van der Waals surface area contributed by atoms with E-state index in [1.165, 1.54) is 25.7 Å². The summed E-state index contributed by atoms with van der Waals surface area (Å²) in [7, 11) is 0. The highest BCUT2D eigenvalue weighted by Gasteiger charge is 2.17. The van der Waals surface area contributed by atoms with Gasteiger partial charge in [0.25, 0.3) is 0 Å². The molecule has 63 heavy (non-hydrogen) atoms. The van der Waals surface area contributed by atoms with Gasteiger partial charge in [0, 0.05) is 52.4 Å². The Morgan fingerprint density at radius 1 is 0.333 bits per heavy atom. The van der Waals surface area contributed by atoms with Gasteiger partial charge in [-0.15, -0.1) is 0 Å². The predicted octanol–water partition coefficient (Wildman–Crippen LogP) is 9.57. The second-order valence-electron chi connectivity index (χ2n) is 16.3. The molecule has 0 bridgehead atoms. The van der Waals surface area contributed by atoms with Crippen LogP contribution >= 0.6 is 0 Å². The molecule has 0 unspecified atom stereocenters. The fraction of sp³-hybridized carbons (Fsp3) is 0.918. The van der Waals surface area contributed by atoms with Crippen molar-refractivity contribution in [1.82, 2.24) is 9.80 Å². The van der Waals surface area contributed by atoms with E-state index in [1.54, 1.807) is 0 Å². The summed E-state index contributed by atoms with van der Waals surface area (Å²) in [5, 5.41) is 0. The zero-order valence-electron chi connectivity index (χ0n) is 41.1. The second-order valence-corrected chi connectivity index (χ2v) is 16.3. The van der Waals surface area contributed by atoms with Crippen molar-refractivity contribution in [3.05, 3.63) is 0 Å². The monoisotopic (exact) mass is 903 g/mol. The summed E-state index contributed by atoms with van der Waals surface area (Å²) in [6.07, 6.45) is 19.0.